The second kappa shape index (κ2) is 7.33. The molecule has 3 aromatic heterocycles. The lowest BCUT2D eigenvalue weighted by atomic mass is 10.0. The van der Waals surface area contributed by atoms with Crippen molar-refractivity contribution in [1.29, 1.82) is 0 Å². The summed E-state index contributed by atoms with van der Waals surface area (Å²) in [5.41, 5.74) is 6.39. The van der Waals surface area contributed by atoms with E-state index in [4.69, 9.17) is 5.73 Å². The third kappa shape index (κ3) is 3.67. The smallest absolute Gasteiger partial charge is 0.183 e. The highest BCUT2D eigenvalue weighted by Crippen LogP contribution is 2.26. The molecular formula is C17H19F2N5. The molecule has 0 bridgehead atoms. The van der Waals surface area contributed by atoms with Gasteiger partial charge in [-0.05, 0) is 6.07 Å². The van der Waals surface area contributed by atoms with Crippen LogP contribution in [0.15, 0.2) is 24.7 Å². The van der Waals surface area contributed by atoms with E-state index in [0.29, 0.717) is 16.6 Å². The van der Waals surface area contributed by atoms with Crippen LogP contribution in [0.1, 0.15) is 38.5 Å². The molecule has 0 radical (unpaired) electrons. The quantitative estimate of drug-likeness (QED) is 0.699. The van der Waals surface area contributed by atoms with Gasteiger partial charge in [0.05, 0.1) is 12.4 Å². The van der Waals surface area contributed by atoms with Crippen LogP contribution >= 0.6 is 0 Å². The Kier molecular flexibility index (Phi) is 4.98. The Balaban J connectivity index is 0.000000238. The number of nitrogen functional groups attached to an aromatic ring is 1. The van der Waals surface area contributed by atoms with Crippen LogP contribution in [0, 0.1) is 11.6 Å². The van der Waals surface area contributed by atoms with Gasteiger partial charge in [0, 0.05) is 17.1 Å². The molecule has 0 saturated heterocycles. The number of H-pyrrole nitrogens is 1. The van der Waals surface area contributed by atoms with E-state index < -0.39 is 11.6 Å². The highest BCUT2D eigenvalue weighted by atomic mass is 19.1. The summed E-state index contributed by atoms with van der Waals surface area (Å²) >= 11 is 0. The summed E-state index contributed by atoms with van der Waals surface area (Å²) in [7, 11) is 0. The number of nitrogens with two attached hydrogens (primary N) is 1. The molecule has 24 heavy (non-hydrogen) atoms. The number of nitrogens with one attached hydrogen (secondary N) is 1. The third-order valence-electron chi connectivity index (χ3n) is 4.01. The summed E-state index contributed by atoms with van der Waals surface area (Å²) in [5.74, 6) is -1.20. The largest absolute Gasteiger partial charge is 0.381 e. The van der Waals surface area contributed by atoms with Crippen LogP contribution in [-0.2, 0) is 0 Å². The topological polar surface area (TPSA) is 80.5 Å². The molecule has 1 saturated carbocycles. The van der Waals surface area contributed by atoms with E-state index in [9.17, 15) is 8.78 Å². The number of anilines is 1. The predicted octanol–water partition coefficient (Wildman–Crippen LogP) is 4.22. The minimum absolute atomic E-state index is 0.215. The van der Waals surface area contributed by atoms with Crippen molar-refractivity contribution in [3.63, 3.8) is 0 Å². The Morgan fingerprint density at radius 2 is 1.62 bits per heavy atom. The maximum atomic E-state index is 13.2. The molecule has 3 N–H and O–H groups in total. The number of aromatic amines is 1. The first kappa shape index (κ1) is 16.3. The first-order chi connectivity index (χ1) is 11.6. The van der Waals surface area contributed by atoms with Crippen molar-refractivity contribution in [2.75, 3.05) is 5.73 Å². The maximum absolute atomic E-state index is 13.2. The van der Waals surface area contributed by atoms with E-state index in [1.165, 1.54) is 44.6 Å². The maximum Gasteiger partial charge on any atom is 0.183 e. The fourth-order valence-electron chi connectivity index (χ4n) is 2.73. The molecule has 4 rings (SSSR count). The van der Waals surface area contributed by atoms with Gasteiger partial charge in [-0.3, -0.25) is 0 Å². The second-order valence-corrected chi connectivity index (χ2v) is 5.80. The fourth-order valence-corrected chi connectivity index (χ4v) is 2.73. The number of pyridine rings is 1. The second-order valence-electron chi connectivity index (χ2n) is 5.80. The zero-order valence-electron chi connectivity index (χ0n) is 13.2. The number of nitrogens with zero attached hydrogens (tertiary/aromatic N) is 3. The SMILES string of the molecule is C1CCCCC1.Nc1nc(-c2c[nH]c3ncc(F)cc23)ncc1F. The van der Waals surface area contributed by atoms with Gasteiger partial charge >= 0.3 is 0 Å². The summed E-state index contributed by atoms with van der Waals surface area (Å²) in [6.45, 7) is 0. The summed E-state index contributed by atoms with van der Waals surface area (Å²) in [5, 5.41) is 0.515. The Morgan fingerprint density at radius 3 is 2.25 bits per heavy atom. The van der Waals surface area contributed by atoms with Crippen LogP contribution in [0.5, 0.6) is 0 Å². The van der Waals surface area contributed by atoms with Crippen molar-refractivity contribution in [3.05, 3.63) is 36.3 Å². The molecule has 7 heteroatoms. The highest BCUT2D eigenvalue weighted by Gasteiger charge is 2.12. The van der Waals surface area contributed by atoms with Gasteiger partial charge in [-0.15, -0.1) is 0 Å². The molecule has 3 heterocycles. The predicted molar refractivity (Wildman–Crippen MR) is 89.2 cm³/mol. The lowest BCUT2D eigenvalue weighted by Crippen LogP contribution is -1.98. The van der Waals surface area contributed by atoms with Crippen LogP contribution in [0.2, 0.25) is 0 Å². The average molecular weight is 331 g/mol. The molecular weight excluding hydrogens is 312 g/mol. The van der Waals surface area contributed by atoms with Crippen LogP contribution in [0.25, 0.3) is 22.4 Å². The van der Waals surface area contributed by atoms with Gasteiger partial charge in [0.25, 0.3) is 0 Å². The van der Waals surface area contributed by atoms with Crippen LogP contribution < -0.4 is 5.73 Å². The molecule has 0 amide bonds. The van der Waals surface area contributed by atoms with Crippen molar-refractivity contribution >= 4 is 16.9 Å². The Hall–Kier alpha value is -2.57. The van der Waals surface area contributed by atoms with Crippen LogP contribution in [-0.4, -0.2) is 19.9 Å². The zero-order valence-corrected chi connectivity index (χ0v) is 13.2. The molecule has 126 valence electrons. The number of halogens is 2. The van der Waals surface area contributed by atoms with E-state index in [1.54, 1.807) is 6.20 Å². The van der Waals surface area contributed by atoms with E-state index >= 15 is 0 Å². The first-order valence-corrected chi connectivity index (χ1v) is 8.06. The van der Waals surface area contributed by atoms with Crippen molar-refractivity contribution in [2.45, 2.75) is 38.5 Å². The molecule has 1 aliphatic carbocycles. The van der Waals surface area contributed by atoms with Gasteiger partial charge in [0.2, 0.25) is 0 Å². The molecule has 0 spiro atoms. The van der Waals surface area contributed by atoms with Crippen molar-refractivity contribution in [3.8, 4) is 11.4 Å². The third-order valence-corrected chi connectivity index (χ3v) is 4.01. The number of rotatable bonds is 1. The normalized spacial score (nSPS) is 14.2. The molecule has 5 nitrogen and oxygen atoms in total. The van der Waals surface area contributed by atoms with Crippen molar-refractivity contribution in [1.82, 2.24) is 19.9 Å². The summed E-state index contributed by atoms with van der Waals surface area (Å²) in [6.07, 6.45) is 12.6. The number of hydrogen-bond donors (Lipinski definition) is 2. The van der Waals surface area contributed by atoms with E-state index in [-0.39, 0.29) is 11.6 Å². The average Bonchev–Trinajstić information content (AvgIpc) is 3.02. The van der Waals surface area contributed by atoms with E-state index in [1.807, 2.05) is 0 Å². The Labute approximate surface area is 138 Å². The lowest BCUT2D eigenvalue weighted by molar-refractivity contribution is 0.504. The van der Waals surface area contributed by atoms with Gasteiger partial charge in [-0.25, -0.2) is 23.7 Å². The van der Waals surface area contributed by atoms with Gasteiger partial charge in [0.1, 0.15) is 11.5 Å². The fraction of sp³-hybridized carbons (Fsp3) is 0.353. The van der Waals surface area contributed by atoms with Crippen LogP contribution in [0.4, 0.5) is 14.6 Å². The molecule has 0 aliphatic heterocycles. The van der Waals surface area contributed by atoms with E-state index in [2.05, 4.69) is 19.9 Å². The Bertz CT molecular complexity index is 815. The van der Waals surface area contributed by atoms with Crippen LogP contribution in [0.3, 0.4) is 0 Å². The van der Waals surface area contributed by atoms with Gasteiger partial charge in [0.15, 0.2) is 17.5 Å². The molecule has 1 aliphatic rings. The first-order valence-electron chi connectivity index (χ1n) is 8.06. The monoisotopic (exact) mass is 331 g/mol. The van der Waals surface area contributed by atoms with Crippen molar-refractivity contribution in [2.24, 2.45) is 0 Å². The number of fused-ring (bicyclic) bond motifs is 1. The highest BCUT2D eigenvalue weighted by molar-refractivity contribution is 5.91. The summed E-state index contributed by atoms with van der Waals surface area (Å²) in [6, 6.07) is 1.30. The lowest BCUT2D eigenvalue weighted by Gasteiger charge is -2.05. The Morgan fingerprint density at radius 1 is 0.958 bits per heavy atom. The van der Waals surface area contributed by atoms with E-state index in [0.717, 1.165) is 12.4 Å². The zero-order chi connectivity index (χ0) is 16.9. The molecule has 3 aromatic rings. The molecule has 1 fully saturated rings. The molecule has 0 aromatic carbocycles. The molecule has 0 unspecified atom stereocenters. The number of hydrogen-bond acceptors (Lipinski definition) is 4. The summed E-state index contributed by atoms with van der Waals surface area (Å²) in [4.78, 5) is 14.4. The minimum atomic E-state index is -0.692. The van der Waals surface area contributed by atoms with Gasteiger partial charge < -0.3 is 10.7 Å². The molecule has 0 atom stereocenters. The van der Waals surface area contributed by atoms with Gasteiger partial charge in [-0.1, -0.05) is 38.5 Å². The minimum Gasteiger partial charge on any atom is -0.381 e. The summed E-state index contributed by atoms with van der Waals surface area (Å²) < 4.78 is 26.1. The number of aromatic nitrogens is 4. The van der Waals surface area contributed by atoms with Crippen molar-refractivity contribution < 1.29 is 8.78 Å². The standard InChI is InChI=1S/C11H7F2N5.C6H12/c12-5-1-6-7(3-16-10(6)15-2-5)11-17-4-8(13)9(14)18-11;1-2-4-6-5-3-1/h1-4H,(H,15,16)(H2,14,17,18);1-6H2. The van der Waals surface area contributed by atoms with Gasteiger partial charge in [-0.2, -0.15) is 0 Å².